The number of nitrogens with zero attached hydrogens (tertiary/aromatic N) is 1. The molecule has 0 aliphatic rings. The topological polar surface area (TPSA) is 42.4 Å². The molecule has 94 valence electrons. The lowest BCUT2D eigenvalue weighted by atomic mass is 10.0. The number of halogens is 1. The summed E-state index contributed by atoms with van der Waals surface area (Å²) < 4.78 is 18.6. The van der Waals surface area contributed by atoms with Crippen molar-refractivity contribution < 1.29 is 14.2 Å². The molecule has 0 bridgehead atoms. The van der Waals surface area contributed by atoms with Gasteiger partial charge in [0.1, 0.15) is 11.9 Å². The molecule has 0 saturated heterocycles. The Kier molecular flexibility index (Phi) is 4.02. The maximum absolute atomic E-state index is 13.5. The third-order valence-electron chi connectivity index (χ3n) is 2.68. The van der Waals surface area contributed by atoms with Crippen LogP contribution in [0.2, 0.25) is 0 Å². The van der Waals surface area contributed by atoms with Crippen LogP contribution in [-0.4, -0.2) is 17.2 Å². The highest BCUT2D eigenvalue weighted by molar-refractivity contribution is 5.32. The monoisotopic (exact) mass is 247 g/mol. The Morgan fingerprint density at radius 3 is 2.94 bits per heavy atom. The summed E-state index contributed by atoms with van der Waals surface area (Å²) in [6.45, 7) is 0.458. The molecule has 4 heteroatoms. The van der Waals surface area contributed by atoms with Gasteiger partial charge in [-0.15, -0.1) is 0 Å². The molecule has 2 rings (SSSR count). The summed E-state index contributed by atoms with van der Waals surface area (Å²) in [5.41, 5.74) is 1.79. The fourth-order valence-electron chi connectivity index (χ4n) is 1.81. The number of aliphatic hydroxyl groups excluding tert-OH is 1. The molecule has 1 aromatic heterocycles. The van der Waals surface area contributed by atoms with Gasteiger partial charge in [0.25, 0.3) is 0 Å². The molecular weight excluding hydrogens is 233 g/mol. The average Bonchev–Trinajstić information content (AvgIpc) is 2.39. The first kappa shape index (κ1) is 12.7. The minimum atomic E-state index is -0.996. The van der Waals surface area contributed by atoms with Gasteiger partial charge >= 0.3 is 0 Å². The molecule has 1 heterocycles. The van der Waals surface area contributed by atoms with Gasteiger partial charge in [-0.3, -0.25) is 4.98 Å². The molecule has 0 amide bonds. The summed E-state index contributed by atoms with van der Waals surface area (Å²) >= 11 is 0. The lowest BCUT2D eigenvalue weighted by Gasteiger charge is -2.13. The average molecular weight is 247 g/mol. The van der Waals surface area contributed by atoms with Crippen LogP contribution in [0.4, 0.5) is 4.39 Å². The van der Waals surface area contributed by atoms with Gasteiger partial charge in [-0.25, -0.2) is 4.39 Å². The van der Waals surface area contributed by atoms with Gasteiger partial charge in [0.2, 0.25) is 0 Å². The molecular formula is C14H14FNO2. The predicted octanol–water partition coefficient (Wildman–Crippen LogP) is 2.45. The molecule has 0 aliphatic heterocycles. The first-order valence-corrected chi connectivity index (χ1v) is 5.57. The number of benzene rings is 1. The van der Waals surface area contributed by atoms with E-state index in [9.17, 15) is 9.50 Å². The zero-order valence-electron chi connectivity index (χ0n) is 10.0. The van der Waals surface area contributed by atoms with Gasteiger partial charge in [-0.05, 0) is 17.2 Å². The molecule has 1 aromatic carbocycles. The lowest BCUT2D eigenvalue weighted by molar-refractivity contribution is 0.184. The molecule has 1 atom stereocenters. The van der Waals surface area contributed by atoms with Gasteiger partial charge in [0.05, 0.1) is 12.8 Å². The molecule has 0 radical (unpaired) electrons. The Hall–Kier alpha value is -1.78. The molecule has 3 nitrogen and oxygen atoms in total. The van der Waals surface area contributed by atoms with Crippen LogP contribution in [-0.2, 0) is 11.3 Å². The summed E-state index contributed by atoms with van der Waals surface area (Å²) in [7, 11) is 1.60. The summed E-state index contributed by atoms with van der Waals surface area (Å²) in [4.78, 5) is 3.66. The lowest BCUT2D eigenvalue weighted by Crippen LogP contribution is -2.03. The van der Waals surface area contributed by atoms with E-state index in [2.05, 4.69) is 4.98 Å². The van der Waals surface area contributed by atoms with Crippen molar-refractivity contribution in [3.63, 3.8) is 0 Å². The van der Waals surface area contributed by atoms with E-state index in [1.807, 2.05) is 12.1 Å². The van der Waals surface area contributed by atoms with Crippen molar-refractivity contribution in [2.45, 2.75) is 12.7 Å². The normalized spacial score (nSPS) is 12.4. The second-order valence-corrected chi connectivity index (χ2v) is 3.98. The van der Waals surface area contributed by atoms with Gasteiger partial charge in [-0.1, -0.05) is 24.3 Å². The summed E-state index contributed by atoms with van der Waals surface area (Å²) in [6, 6.07) is 8.73. The van der Waals surface area contributed by atoms with Crippen LogP contribution in [0.5, 0.6) is 0 Å². The minimum Gasteiger partial charge on any atom is -0.384 e. The van der Waals surface area contributed by atoms with Crippen molar-refractivity contribution in [3.8, 4) is 0 Å². The van der Waals surface area contributed by atoms with Gasteiger partial charge in [-0.2, -0.15) is 0 Å². The highest BCUT2D eigenvalue weighted by Gasteiger charge is 2.14. The number of methoxy groups -OCH3 is 1. The molecule has 1 N–H and O–H groups in total. The zero-order chi connectivity index (χ0) is 13.0. The Bertz CT molecular complexity index is 531. The summed E-state index contributed by atoms with van der Waals surface area (Å²) in [5.74, 6) is -0.512. The minimum absolute atomic E-state index is 0.222. The van der Waals surface area contributed by atoms with E-state index in [0.29, 0.717) is 12.2 Å². The smallest absolute Gasteiger partial charge is 0.147 e. The van der Waals surface area contributed by atoms with Crippen molar-refractivity contribution in [3.05, 3.63) is 65.2 Å². The number of aliphatic hydroxyl groups is 1. The van der Waals surface area contributed by atoms with E-state index >= 15 is 0 Å². The number of aromatic nitrogens is 1. The molecule has 2 aromatic rings. The van der Waals surface area contributed by atoms with Crippen LogP contribution in [0.25, 0.3) is 0 Å². The second-order valence-electron chi connectivity index (χ2n) is 3.98. The molecule has 0 spiro atoms. The number of hydrogen-bond donors (Lipinski definition) is 1. The number of ether oxygens (including phenoxy) is 1. The zero-order valence-corrected chi connectivity index (χ0v) is 10.0. The van der Waals surface area contributed by atoms with Crippen molar-refractivity contribution in [2.75, 3.05) is 7.11 Å². The quantitative estimate of drug-likeness (QED) is 0.902. The maximum atomic E-state index is 13.5. The highest BCUT2D eigenvalue weighted by atomic mass is 19.1. The van der Waals surface area contributed by atoms with E-state index in [0.717, 1.165) is 11.8 Å². The van der Waals surface area contributed by atoms with E-state index < -0.39 is 11.9 Å². The third-order valence-corrected chi connectivity index (χ3v) is 2.68. The van der Waals surface area contributed by atoms with Crippen LogP contribution < -0.4 is 0 Å². The van der Waals surface area contributed by atoms with Gasteiger partial charge < -0.3 is 9.84 Å². The van der Waals surface area contributed by atoms with Gasteiger partial charge in [0, 0.05) is 18.9 Å². The molecule has 18 heavy (non-hydrogen) atoms. The van der Waals surface area contributed by atoms with E-state index in [4.69, 9.17) is 4.74 Å². The maximum Gasteiger partial charge on any atom is 0.147 e. The fourth-order valence-corrected chi connectivity index (χ4v) is 1.81. The van der Waals surface area contributed by atoms with Crippen molar-refractivity contribution >= 4 is 0 Å². The van der Waals surface area contributed by atoms with Crippen molar-refractivity contribution in [2.24, 2.45) is 0 Å². The molecule has 0 saturated carbocycles. The third kappa shape index (κ3) is 2.72. The molecule has 0 aliphatic carbocycles. The molecule has 1 unspecified atom stereocenters. The van der Waals surface area contributed by atoms with Gasteiger partial charge in [0.15, 0.2) is 0 Å². The van der Waals surface area contributed by atoms with Crippen LogP contribution in [0.1, 0.15) is 22.8 Å². The largest absolute Gasteiger partial charge is 0.384 e. The van der Waals surface area contributed by atoms with Crippen LogP contribution in [0, 0.1) is 5.82 Å². The Balaban J connectivity index is 2.31. The number of hydrogen-bond acceptors (Lipinski definition) is 3. The van der Waals surface area contributed by atoms with Crippen molar-refractivity contribution in [1.29, 1.82) is 0 Å². The number of pyridine rings is 1. The van der Waals surface area contributed by atoms with Crippen LogP contribution >= 0.6 is 0 Å². The Morgan fingerprint density at radius 1 is 1.39 bits per heavy atom. The Morgan fingerprint density at radius 2 is 2.22 bits per heavy atom. The van der Waals surface area contributed by atoms with Crippen molar-refractivity contribution in [1.82, 2.24) is 4.98 Å². The van der Waals surface area contributed by atoms with E-state index in [1.165, 1.54) is 12.3 Å². The Labute approximate surface area is 105 Å². The second kappa shape index (κ2) is 5.71. The van der Waals surface area contributed by atoms with E-state index in [1.54, 1.807) is 19.2 Å². The first-order chi connectivity index (χ1) is 8.72. The fraction of sp³-hybridized carbons (Fsp3) is 0.214. The SMILES string of the molecule is COCc1cccc(C(O)c2ccncc2F)c1. The predicted molar refractivity (Wildman–Crippen MR) is 65.4 cm³/mol. The summed E-state index contributed by atoms with van der Waals surface area (Å²) in [5, 5.41) is 10.2. The van der Waals surface area contributed by atoms with Crippen LogP contribution in [0.3, 0.4) is 0 Å². The van der Waals surface area contributed by atoms with E-state index in [-0.39, 0.29) is 5.56 Å². The standard InChI is InChI=1S/C14H14FNO2/c1-18-9-10-3-2-4-11(7-10)14(17)12-5-6-16-8-13(12)15/h2-8,14,17H,9H2,1H3. The highest BCUT2D eigenvalue weighted by Crippen LogP contribution is 2.24. The van der Waals surface area contributed by atoms with Crippen LogP contribution in [0.15, 0.2) is 42.7 Å². The summed E-state index contributed by atoms with van der Waals surface area (Å²) in [6.07, 6.45) is 1.56. The number of rotatable bonds is 4. The molecule has 0 fully saturated rings. The first-order valence-electron chi connectivity index (χ1n) is 5.57.